The first-order valence-corrected chi connectivity index (χ1v) is 6.20. The summed E-state index contributed by atoms with van der Waals surface area (Å²) in [6, 6.07) is 6.32. The van der Waals surface area contributed by atoms with Gasteiger partial charge in [0.25, 0.3) is 0 Å². The Balaban J connectivity index is 2.78. The largest absolute Gasteiger partial charge is 0.495 e. The molecule has 1 aromatic rings. The van der Waals surface area contributed by atoms with E-state index < -0.39 is 0 Å². The Labute approximate surface area is 104 Å². The van der Waals surface area contributed by atoms with Crippen LogP contribution < -0.4 is 15.8 Å². The molecular weight excluding hydrogens is 212 g/mol. The summed E-state index contributed by atoms with van der Waals surface area (Å²) in [7, 11) is 1.71. The van der Waals surface area contributed by atoms with Crippen molar-refractivity contribution >= 4 is 5.69 Å². The van der Waals surface area contributed by atoms with Gasteiger partial charge in [0.15, 0.2) is 0 Å². The first-order valence-electron chi connectivity index (χ1n) is 6.20. The molecule has 0 spiro atoms. The van der Waals surface area contributed by atoms with Crippen LogP contribution in [-0.4, -0.2) is 20.2 Å². The van der Waals surface area contributed by atoms with Crippen LogP contribution >= 0.6 is 0 Å². The van der Waals surface area contributed by atoms with E-state index in [1.54, 1.807) is 7.11 Å². The fourth-order valence-corrected chi connectivity index (χ4v) is 1.58. The van der Waals surface area contributed by atoms with Crippen molar-refractivity contribution in [2.24, 2.45) is 11.7 Å². The maximum Gasteiger partial charge on any atom is 0.142 e. The number of nitrogens with one attached hydrogen (secondary N) is 1. The van der Waals surface area contributed by atoms with E-state index in [4.69, 9.17) is 10.5 Å². The fourth-order valence-electron chi connectivity index (χ4n) is 1.58. The SMILES string of the molecule is COc1cc(C(C)C)ccc1NCC(C)CN. The Bertz CT molecular complexity index is 350. The number of hydrogen-bond acceptors (Lipinski definition) is 3. The molecule has 17 heavy (non-hydrogen) atoms. The molecule has 1 aromatic carbocycles. The highest BCUT2D eigenvalue weighted by Crippen LogP contribution is 2.28. The van der Waals surface area contributed by atoms with E-state index in [1.807, 2.05) is 0 Å². The first-order chi connectivity index (χ1) is 8.08. The predicted molar refractivity (Wildman–Crippen MR) is 73.8 cm³/mol. The highest BCUT2D eigenvalue weighted by Gasteiger charge is 2.07. The molecule has 1 atom stereocenters. The molecule has 0 bridgehead atoms. The molecule has 3 heteroatoms. The first kappa shape index (κ1) is 13.8. The second-order valence-electron chi connectivity index (χ2n) is 4.84. The summed E-state index contributed by atoms with van der Waals surface area (Å²) in [4.78, 5) is 0. The minimum atomic E-state index is 0.462. The Morgan fingerprint density at radius 2 is 2.00 bits per heavy atom. The maximum absolute atomic E-state index is 5.60. The number of benzene rings is 1. The molecule has 3 N–H and O–H groups in total. The molecule has 0 fully saturated rings. The van der Waals surface area contributed by atoms with E-state index >= 15 is 0 Å². The van der Waals surface area contributed by atoms with Gasteiger partial charge in [0.2, 0.25) is 0 Å². The highest BCUT2D eigenvalue weighted by molar-refractivity contribution is 5.58. The number of ether oxygens (including phenoxy) is 1. The van der Waals surface area contributed by atoms with Crippen molar-refractivity contribution in [2.75, 3.05) is 25.5 Å². The lowest BCUT2D eigenvalue weighted by atomic mass is 10.0. The van der Waals surface area contributed by atoms with Crippen LogP contribution in [0.3, 0.4) is 0 Å². The van der Waals surface area contributed by atoms with Crippen molar-refractivity contribution in [2.45, 2.75) is 26.7 Å². The van der Waals surface area contributed by atoms with Crippen molar-refractivity contribution in [1.82, 2.24) is 0 Å². The maximum atomic E-state index is 5.60. The van der Waals surface area contributed by atoms with Crippen molar-refractivity contribution in [3.8, 4) is 5.75 Å². The molecule has 0 radical (unpaired) electrons. The fraction of sp³-hybridized carbons (Fsp3) is 0.571. The summed E-state index contributed by atoms with van der Waals surface area (Å²) >= 11 is 0. The number of anilines is 1. The molecule has 0 aliphatic carbocycles. The molecule has 96 valence electrons. The molecule has 0 saturated heterocycles. The summed E-state index contributed by atoms with van der Waals surface area (Å²) < 4.78 is 5.41. The third-order valence-corrected chi connectivity index (χ3v) is 2.94. The summed E-state index contributed by atoms with van der Waals surface area (Å²) in [6.45, 7) is 8.05. The highest BCUT2D eigenvalue weighted by atomic mass is 16.5. The molecular formula is C14H24N2O. The lowest BCUT2D eigenvalue weighted by molar-refractivity contribution is 0.415. The number of rotatable bonds is 6. The van der Waals surface area contributed by atoms with E-state index in [0.717, 1.165) is 18.0 Å². The lowest BCUT2D eigenvalue weighted by Crippen LogP contribution is -2.20. The van der Waals surface area contributed by atoms with Gasteiger partial charge in [0.1, 0.15) is 5.75 Å². The van der Waals surface area contributed by atoms with Crippen LogP contribution in [0.5, 0.6) is 5.75 Å². The molecule has 0 aliphatic heterocycles. The number of hydrogen-bond donors (Lipinski definition) is 2. The number of nitrogens with two attached hydrogens (primary N) is 1. The number of methoxy groups -OCH3 is 1. The molecule has 1 rings (SSSR count). The Kier molecular flexibility index (Phi) is 5.29. The van der Waals surface area contributed by atoms with Gasteiger partial charge in [-0.05, 0) is 36.1 Å². The summed E-state index contributed by atoms with van der Waals surface area (Å²) in [5.41, 5.74) is 7.93. The Hall–Kier alpha value is -1.22. The monoisotopic (exact) mass is 236 g/mol. The van der Waals surface area contributed by atoms with Gasteiger partial charge in [-0.2, -0.15) is 0 Å². The third kappa shape index (κ3) is 3.93. The second kappa shape index (κ2) is 6.50. The van der Waals surface area contributed by atoms with Crippen LogP contribution in [0.1, 0.15) is 32.3 Å². The van der Waals surface area contributed by atoms with E-state index in [9.17, 15) is 0 Å². The van der Waals surface area contributed by atoms with Crippen molar-refractivity contribution < 1.29 is 4.74 Å². The molecule has 0 amide bonds. The standard InChI is InChI=1S/C14H24N2O/c1-10(2)12-5-6-13(14(7-12)17-4)16-9-11(3)8-15/h5-7,10-11,16H,8-9,15H2,1-4H3. The lowest BCUT2D eigenvalue weighted by Gasteiger charge is -2.16. The third-order valence-electron chi connectivity index (χ3n) is 2.94. The van der Waals surface area contributed by atoms with Crippen LogP contribution in [0.15, 0.2) is 18.2 Å². The quantitative estimate of drug-likeness (QED) is 0.798. The van der Waals surface area contributed by atoms with Gasteiger partial charge in [-0.15, -0.1) is 0 Å². The van der Waals surface area contributed by atoms with E-state index in [2.05, 4.69) is 44.3 Å². The van der Waals surface area contributed by atoms with E-state index in [1.165, 1.54) is 5.56 Å². The van der Waals surface area contributed by atoms with Crippen LogP contribution in [0, 0.1) is 5.92 Å². The molecule has 0 heterocycles. The van der Waals surface area contributed by atoms with Crippen LogP contribution in [-0.2, 0) is 0 Å². The van der Waals surface area contributed by atoms with Crippen LogP contribution in [0.4, 0.5) is 5.69 Å². The minimum Gasteiger partial charge on any atom is -0.495 e. The van der Waals surface area contributed by atoms with Gasteiger partial charge in [-0.3, -0.25) is 0 Å². The average molecular weight is 236 g/mol. The van der Waals surface area contributed by atoms with Gasteiger partial charge in [-0.1, -0.05) is 26.8 Å². The second-order valence-corrected chi connectivity index (χ2v) is 4.84. The topological polar surface area (TPSA) is 47.3 Å². The van der Waals surface area contributed by atoms with Crippen molar-refractivity contribution in [1.29, 1.82) is 0 Å². The Morgan fingerprint density at radius 1 is 1.29 bits per heavy atom. The van der Waals surface area contributed by atoms with Crippen molar-refractivity contribution in [3.05, 3.63) is 23.8 Å². The van der Waals surface area contributed by atoms with E-state index in [-0.39, 0.29) is 0 Å². The molecule has 1 unspecified atom stereocenters. The van der Waals surface area contributed by atoms with Gasteiger partial charge in [0.05, 0.1) is 12.8 Å². The minimum absolute atomic E-state index is 0.462. The molecule has 0 saturated carbocycles. The zero-order valence-corrected chi connectivity index (χ0v) is 11.3. The molecule has 3 nitrogen and oxygen atoms in total. The van der Waals surface area contributed by atoms with Crippen LogP contribution in [0.2, 0.25) is 0 Å². The predicted octanol–water partition coefficient (Wildman–Crippen LogP) is 2.83. The zero-order chi connectivity index (χ0) is 12.8. The zero-order valence-electron chi connectivity index (χ0n) is 11.3. The van der Waals surface area contributed by atoms with Gasteiger partial charge < -0.3 is 15.8 Å². The smallest absolute Gasteiger partial charge is 0.142 e. The molecule has 0 aromatic heterocycles. The van der Waals surface area contributed by atoms with Gasteiger partial charge >= 0.3 is 0 Å². The average Bonchev–Trinajstić information content (AvgIpc) is 2.35. The van der Waals surface area contributed by atoms with Crippen LogP contribution in [0.25, 0.3) is 0 Å². The normalized spacial score (nSPS) is 12.6. The Morgan fingerprint density at radius 3 is 2.53 bits per heavy atom. The van der Waals surface area contributed by atoms with E-state index in [0.29, 0.717) is 18.4 Å². The summed E-state index contributed by atoms with van der Waals surface area (Å²) in [5, 5.41) is 3.38. The van der Waals surface area contributed by atoms with Gasteiger partial charge in [0, 0.05) is 6.54 Å². The molecule has 0 aliphatic rings. The van der Waals surface area contributed by atoms with Gasteiger partial charge in [-0.25, -0.2) is 0 Å². The summed E-state index contributed by atoms with van der Waals surface area (Å²) in [5.74, 6) is 1.88. The van der Waals surface area contributed by atoms with Crippen molar-refractivity contribution in [3.63, 3.8) is 0 Å². The summed E-state index contributed by atoms with van der Waals surface area (Å²) in [6.07, 6.45) is 0.